The van der Waals surface area contributed by atoms with Gasteiger partial charge in [0.2, 0.25) is 11.9 Å². The van der Waals surface area contributed by atoms with E-state index in [1.54, 1.807) is 0 Å². The van der Waals surface area contributed by atoms with Crippen LogP contribution in [0.3, 0.4) is 0 Å². The van der Waals surface area contributed by atoms with E-state index in [4.69, 9.17) is 0 Å². The molecular formula is C20H24N4O5. The van der Waals surface area contributed by atoms with Crippen LogP contribution in [0.2, 0.25) is 0 Å². The third kappa shape index (κ3) is 6.56. The van der Waals surface area contributed by atoms with Crippen molar-refractivity contribution in [1.82, 2.24) is 9.97 Å². The predicted octanol–water partition coefficient (Wildman–Crippen LogP) is 2.50. The Labute approximate surface area is 168 Å². The van der Waals surface area contributed by atoms with Crippen LogP contribution < -0.4 is 10.6 Å². The molecule has 0 aliphatic rings. The van der Waals surface area contributed by atoms with E-state index >= 15 is 0 Å². The van der Waals surface area contributed by atoms with Gasteiger partial charge in [0.1, 0.15) is 0 Å². The Morgan fingerprint density at radius 2 is 1.45 bits per heavy atom. The van der Waals surface area contributed by atoms with Gasteiger partial charge in [-0.15, -0.1) is 0 Å². The fourth-order valence-corrected chi connectivity index (χ4v) is 2.65. The number of nitrogens with zero attached hydrogens (tertiary/aromatic N) is 2. The van der Waals surface area contributed by atoms with Gasteiger partial charge in [-0.1, -0.05) is 0 Å². The van der Waals surface area contributed by atoms with Crippen molar-refractivity contribution in [3.8, 4) is 0 Å². The van der Waals surface area contributed by atoms with Crippen LogP contribution in [0, 0.1) is 13.8 Å². The van der Waals surface area contributed by atoms with E-state index in [0.29, 0.717) is 24.6 Å². The van der Waals surface area contributed by atoms with Crippen molar-refractivity contribution >= 4 is 29.5 Å². The van der Waals surface area contributed by atoms with Gasteiger partial charge >= 0.3 is 11.9 Å². The number of ether oxygens (including phenoxy) is 2. The Morgan fingerprint density at radius 3 is 1.97 bits per heavy atom. The monoisotopic (exact) mass is 400 g/mol. The number of hydrogen-bond acceptors (Lipinski definition) is 8. The molecule has 9 nitrogen and oxygen atoms in total. The molecule has 0 saturated heterocycles. The fourth-order valence-electron chi connectivity index (χ4n) is 2.65. The zero-order valence-corrected chi connectivity index (χ0v) is 16.9. The predicted molar refractivity (Wildman–Crippen MR) is 107 cm³/mol. The van der Waals surface area contributed by atoms with Gasteiger partial charge in [0.15, 0.2) is 0 Å². The third-order valence-corrected chi connectivity index (χ3v) is 3.90. The topological polar surface area (TPSA) is 120 Å². The highest BCUT2D eigenvalue weighted by atomic mass is 16.5. The molecule has 1 amide bonds. The molecule has 0 bridgehead atoms. The maximum atomic E-state index is 12.2. The number of benzene rings is 1. The van der Waals surface area contributed by atoms with E-state index in [-0.39, 0.29) is 23.5 Å². The molecule has 0 radical (unpaired) electrons. The Balaban J connectivity index is 1.95. The second kappa shape index (κ2) is 10.2. The largest absolute Gasteiger partial charge is 0.465 e. The average Bonchev–Trinajstić information content (AvgIpc) is 2.69. The fraction of sp³-hybridized carbons (Fsp3) is 0.350. The number of rotatable bonds is 8. The number of carbonyl (C=O) groups excluding carboxylic acids is 3. The number of amides is 1. The molecule has 29 heavy (non-hydrogen) atoms. The van der Waals surface area contributed by atoms with Crippen LogP contribution in [0.25, 0.3) is 0 Å². The highest BCUT2D eigenvalue weighted by molar-refractivity contribution is 5.99. The van der Waals surface area contributed by atoms with Crippen LogP contribution in [0.4, 0.5) is 11.6 Å². The van der Waals surface area contributed by atoms with Crippen LogP contribution in [0.5, 0.6) is 0 Å². The summed E-state index contributed by atoms with van der Waals surface area (Å²) in [4.78, 5) is 44.4. The van der Waals surface area contributed by atoms with Crippen molar-refractivity contribution in [1.29, 1.82) is 0 Å². The van der Waals surface area contributed by atoms with Gasteiger partial charge in [-0.2, -0.15) is 0 Å². The molecule has 0 unspecified atom stereocenters. The smallest absolute Gasteiger partial charge is 0.337 e. The summed E-state index contributed by atoms with van der Waals surface area (Å²) in [6.07, 6.45) is 0.774. The molecule has 2 N–H and O–H groups in total. The molecule has 154 valence electrons. The van der Waals surface area contributed by atoms with Gasteiger partial charge < -0.3 is 20.1 Å². The Hall–Kier alpha value is -3.49. The summed E-state index contributed by atoms with van der Waals surface area (Å²) in [6, 6.07) is 6.11. The maximum absolute atomic E-state index is 12.2. The van der Waals surface area contributed by atoms with E-state index in [1.165, 1.54) is 32.4 Å². The molecule has 0 aliphatic heterocycles. The first kappa shape index (κ1) is 21.8. The first-order chi connectivity index (χ1) is 13.8. The van der Waals surface area contributed by atoms with Gasteiger partial charge in [0.05, 0.1) is 25.3 Å². The molecule has 1 aromatic heterocycles. The van der Waals surface area contributed by atoms with Crippen LogP contribution in [0.1, 0.15) is 44.9 Å². The second-order valence-electron chi connectivity index (χ2n) is 6.34. The Kier molecular flexibility index (Phi) is 7.64. The second-order valence-corrected chi connectivity index (χ2v) is 6.34. The van der Waals surface area contributed by atoms with Crippen molar-refractivity contribution in [3.63, 3.8) is 0 Å². The van der Waals surface area contributed by atoms with Gasteiger partial charge in [-0.05, 0) is 44.5 Å². The van der Waals surface area contributed by atoms with E-state index in [9.17, 15) is 14.4 Å². The average molecular weight is 400 g/mol. The number of aromatic nitrogens is 2. The molecule has 2 rings (SSSR count). The molecule has 9 heteroatoms. The number of esters is 2. The SMILES string of the molecule is COC(=O)c1cc(NC(=O)CCCNc2nc(C)cc(C)n2)cc(C(=O)OC)c1. The lowest BCUT2D eigenvalue weighted by atomic mass is 10.1. The standard InChI is InChI=1S/C20H24N4O5/c1-12-8-13(2)23-20(22-12)21-7-5-6-17(25)24-16-10-14(18(26)28-3)9-15(11-16)19(27)29-4/h8-11H,5-7H2,1-4H3,(H,24,25)(H,21,22,23). The molecule has 1 heterocycles. The lowest BCUT2D eigenvalue weighted by molar-refractivity contribution is -0.116. The summed E-state index contributed by atoms with van der Waals surface area (Å²) >= 11 is 0. The summed E-state index contributed by atoms with van der Waals surface area (Å²) < 4.78 is 9.36. The Bertz CT molecular complexity index is 859. The zero-order valence-electron chi connectivity index (χ0n) is 16.9. The van der Waals surface area contributed by atoms with Crippen LogP contribution >= 0.6 is 0 Å². The number of anilines is 2. The number of nitrogens with one attached hydrogen (secondary N) is 2. The molecule has 0 fully saturated rings. The van der Waals surface area contributed by atoms with Crippen LogP contribution in [-0.2, 0) is 14.3 Å². The Morgan fingerprint density at radius 1 is 0.897 bits per heavy atom. The molecule has 0 atom stereocenters. The first-order valence-electron chi connectivity index (χ1n) is 9.00. The summed E-state index contributed by atoms with van der Waals surface area (Å²) in [5, 5.41) is 5.77. The van der Waals surface area contributed by atoms with Gasteiger partial charge in [0, 0.05) is 30.0 Å². The van der Waals surface area contributed by atoms with Crippen LogP contribution in [-0.4, -0.2) is 48.6 Å². The van der Waals surface area contributed by atoms with E-state index in [1.807, 2.05) is 19.9 Å². The molecule has 0 spiro atoms. The molecular weight excluding hydrogens is 376 g/mol. The molecule has 0 saturated carbocycles. The quantitative estimate of drug-likeness (QED) is 0.512. The molecule has 2 aromatic rings. The number of methoxy groups -OCH3 is 2. The van der Waals surface area contributed by atoms with Gasteiger partial charge in [-0.3, -0.25) is 4.79 Å². The highest BCUT2D eigenvalue weighted by Gasteiger charge is 2.15. The van der Waals surface area contributed by atoms with Crippen molar-refractivity contribution < 1.29 is 23.9 Å². The highest BCUT2D eigenvalue weighted by Crippen LogP contribution is 2.17. The minimum atomic E-state index is -0.621. The van der Waals surface area contributed by atoms with Gasteiger partial charge in [-0.25, -0.2) is 19.6 Å². The van der Waals surface area contributed by atoms with E-state index in [2.05, 4.69) is 30.1 Å². The van der Waals surface area contributed by atoms with Crippen molar-refractivity contribution in [2.24, 2.45) is 0 Å². The summed E-state index contributed by atoms with van der Waals surface area (Å²) in [6.45, 7) is 4.29. The first-order valence-corrected chi connectivity index (χ1v) is 9.00. The minimum absolute atomic E-state index is 0.138. The third-order valence-electron chi connectivity index (χ3n) is 3.90. The van der Waals surface area contributed by atoms with Gasteiger partial charge in [0.25, 0.3) is 0 Å². The van der Waals surface area contributed by atoms with E-state index < -0.39 is 11.9 Å². The minimum Gasteiger partial charge on any atom is -0.465 e. The van der Waals surface area contributed by atoms with Crippen molar-refractivity contribution in [3.05, 3.63) is 46.8 Å². The summed E-state index contributed by atoms with van der Waals surface area (Å²) in [7, 11) is 2.47. The van der Waals surface area contributed by atoms with Crippen molar-refractivity contribution in [2.75, 3.05) is 31.4 Å². The maximum Gasteiger partial charge on any atom is 0.337 e. The zero-order chi connectivity index (χ0) is 21.4. The lowest BCUT2D eigenvalue weighted by Gasteiger charge is -2.10. The lowest BCUT2D eigenvalue weighted by Crippen LogP contribution is -2.15. The summed E-state index contributed by atoms with van der Waals surface area (Å²) in [5.41, 5.74) is 2.32. The number of aryl methyl sites for hydroxylation is 2. The number of carbonyl (C=O) groups is 3. The van der Waals surface area contributed by atoms with Crippen molar-refractivity contribution in [2.45, 2.75) is 26.7 Å². The van der Waals surface area contributed by atoms with E-state index in [0.717, 1.165) is 11.4 Å². The summed E-state index contributed by atoms with van der Waals surface area (Å²) in [5.74, 6) is -0.977. The normalized spacial score (nSPS) is 10.2. The molecule has 1 aromatic carbocycles. The number of hydrogen-bond donors (Lipinski definition) is 2. The van der Waals surface area contributed by atoms with Crippen LogP contribution in [0.15, 0.2) is 24.3 Å². The molecule has 0 aliphatic carbocycles.